The zero-order valence-corrected chi connectivity index (χ0v) is 49.9. The van der Waals surface area contributed by atoms with Crippen molar-refractivity contribution in [1.82, 2.24) is 47.9 Å². The van der Waals surface area contributed by atoms with E-state index in [1.54, 1.807) is 140 Å². The van der Waals surface area contributed by atoms with Gasteiger partial charge in [0.2, 0.25) is 23.6 Å². The average molecular weight is 1140 g/mol. The van der Waals surface area contributed by atoms with Crippen LogP contribution in [0.5, 0.6) is 5.75 Å². The highest BCUT2D eigenvalue weighted by molar-refractivity contribution is 5.96. The van der Waals surface area contributed by atoms with Gasteiger partial charge in [-0.25, -0.2) is 19.2 Å². The minimum Gasteiger partial charge on any atom is -0.508 e. The number of esters is 1. The summed E-state index contributed by atoms with van der Waals surface area (Å²) in [5.41, 5.74) is -2.16. The fourth-order valence-corrected chi connectivity index (χ4v) is 7.83. The Bertz CT molecular complexity index is 2500. The Morgan fingerprint density at radius 1 is 0.605 bits per heavy atom. The molecule has 2 aromatic carbocycles. The minimum absolute atomic E-state index is 0.00423. The molecule has 0 saturated heterocycles. The number of nitrogens with one attached hydrogen (secondary N) is 9. The zero-order valence-electron chi connectivity index (χ0n) is 49.9. The zero-order chi connectivity index (χ0) is 61.1. The van der Waals surface area contributed by atoms with Crippen molar-refractivity contribution in [3.8, 4) is 16.9 Å². The molecule has 81 heavy (non-hydrogen) atoms. The molecule has 0 aliphatic carbocycles. The van der Waals surface area contributed by atoms with Crippen LogP contribution in [0.3, 0.4) is 0 Å². The molecule has 8 amide bonds. The summed E-state index contributed by atoms with van der Waals surface area (Å²) in [6, 6.07) is 5.27. The highest BCUT2D eigenvalue weighted by atomic mass is 16.6. The molecule has 24 heteroatoms. The molecule has 0 unspecified atom stereocenters. The third kappa shape index (κ3) is 28.1. The number of amides is 8. The lowest BCUT2D eigenvalue weighted by Crippen LogP contribution is -2.60. The maximum absolute atomic E-state index is 14.9. The van der Waals surface area contributed by atoms with Crippen LogP contribution in [0, 0.1) is 0 Å². The molecule has 0 aromatic heterocycles. The summed E-state index contributed by atoms with van der Waals surface area (Å²) in [7, 11) is 0. The van der Waals surface area contributed by atoms with E-state index in [2.05, 4.69) is 47.9 Å². The normalized spacial score (nSPS) is 16.9. The molecule has 3 rings (SSSR count). The third-order valence-corrected chi connectivity index (χ3v) is 11.1. The number of carbonyl (C=O) groups is 9. The van der Waals surface area contributed by atoms with Crippen LogP contribution in [0.4, 0.5) is 19.2 Å². The van der Waals surface area contributed by atoms with Crippen molar-refractivity contribution < 1.29 is 71.9 Å². The van der Waals surface area contributed by atoms with E-state index < -0.39 is 112 Å². The van der Waals surface area contributed by atoms with E-state index in [9.17, 15) is 48.3 Å². The Morgan fingerprint density at radius 3 is 1.75 bits per heavy atom. The van der Waals surface area contributed by atoms with Crippen molar-refractivity contribution in [3.63, 3.8) is 0 Å². The monoisotopic (exact) mass is 1140 g/mol. The second-order valence-electron chi connectivity index (χ2n) is 24.8. The first-order chi connectivity index (χ1) is 37.3. The number of carbonyl (C=O) groups excluding carboxylic acids is 9. The first kappa shape index (κ1) is 67.9. The predicted octanol–water partition coefficient (Wildman–Crippen LogP) is 5.06. The van der Waals surface area contributed by atoms with E-state index in [0.717, 1.165) is 0 Å². The summed E-state index contributed by atoms with van der Waals surface area (Å²) in [5.74, 6) is -4.16. The molecule has 1 aliphatic heterocycles. The number of fused-ring (bicyclic) bond motifs is 5. The quantitative estimate of drug-likeness (QED) is 0.0499. The van der Waals surface area contributed by atoms with Gasteiger partial charge in [-0.1, -0.05) is 30.3 Å². The van der Waals surface area contributed by atoms with Gasteiger partial charge >= 0.3 is 30.3 Å². The second kappa shape index (κ2) is 29.9. The summed E-state index contributed by atoms with van der Waals surface area (Å²) in [4.78, 5) is 123. The molecule has 24 nitrogen and oxygen atoms in total. The SMILES string of the molecule is CC(C)(C)OC(=O)CNC[C@H](NC(=O)[C@@H]1Cc2cccc(c2)-c2ccc(O)c(c2)C[C@H](NC(=O)OC(C)(C)C)C(=O)N[C@@H](CCCNC(=O)OC(C)(C)C)C(=O)N1)C(=O)NC[C@H](CCCNC(=O)OC(C)(C)C)NC(=O)OC(C)(C)C. The number of hydrogen-bond donors (Lipinski definition) is 10. The van der Waals surface area contributed by atoms with Gasteiger partial charge in [0.1, 0.15) is 57.9 Å². The Morgan fingerprint density at radius 2 is 1.16 bits per heavy atom. The fraction of sp³-hybridized carbons (Fsp3) is 0.632. The van der Waals surface area contributed by atoms with Crippen LogP contribution in [-0.2, 0) is 60.5 Å². The lowest BCUT2D eigenvalue weighted by Gasteiger charge is -2.28. The molecule has 10 N–H and O–H groups in total. The van der Waals surface area contributed by atoms with Gasteiger partial charge in [0.25, 0.3) is 0 Å². The number of phenolic OH excluding ortho intramolecular Hbond substituents is 1. The van der Waals surface area contributed by atoms with Crippen molar-refractivity contribution in [2.75, 3.05) is 32.7 Å². The molecule has 452 valence electrons. The van der Waals surface area contributed by atoms with Crippen LogP contribution >= 0.6 is 0 Å². The number of hydrogen-bond acceptors (Lipinski definition) is 16. The minimum atomic E-state index is -1.46. The topological polar surface area (TPSA) is 328 Å². The number of alkyl carbamates (subject to hydrolysis) is 4. The van der Waals surface area contributed by atoms with Crippen LogP contribution < -0.4 is 47.9 Å². The van der Waals surface area contributed by atoms with E-state index in [0.29, 0.717) is 23.1 Å². The molecular weight excluding hydrogens is 1050 g/mol. The van der Waals surface area contributed by atoms with Crippen LogP contribution in [0.1, 0.15) is 141 Å². The summed E-state index contributed by atoms with van der Waals surface area (Å²) in [6.07, 6.45) is -2.97. The highest BCUT2D eigenvalue weighted by Crippen LogP contribution is 2.29. The van der Waals surface area contributed by atoms with Gasteiger partial charge in [0.05, 0.1) is 6.54 Å². The standard InChI is InChI=1S/C57H89N9O15/c1-53(2,3)77-44(68)33-58-32-42(45(69)61-31-38(62-51(75)80-56(10,11)12)21-17-25-59-49(73)78-54(4,5)6)65-47(71)40-28-34-19-16-20-35(27-34)36-23-24-43(67)37(29-36)30-41(66-52(76)81-57(13,14)15)48(72)63-39(46(70)64-40)22-18-26-60-50(74)79-55(7,8)9/h16,19-20,23-24,27,29,38-42,58,67H,17-18,21-22,25-26,28,30-33H2,1-15H3,(H,59,73)(H,60,74)(H,61,69)(H,62,75)(H,63,72)(H,64,70)(H,65,71)(H,66,76)/t38-,39-,40-,41-,42-/m0/s1. The van der Waals surface area contributed by atoms with Gasteiger partial charge in [0, 0.05) is 45.1 Å². The molecule has 0 radical (unpaired) electrons. The summed E-state index contributed by atoms with van der Waals surface area (Å²) in [6.45, 7) is 24.6. The highest BCUT2D eigenvalue weighted by Gasteiger charge is 2.34. The van der Waals surface area contributed by atoms with E-state index in [-0.39, 0.29) is 76.1 Å². The van der Waals surface area contributed by atoms with E-state index >= 15 is 0 Å². The fourth-order valence-electron chi connectivity index (χ4n) is 7.83. The number of phenols is 1. The molecule has 0 fully saturated rings. The van der Waals surface area contributed by atoms with E-state index in [1.165, 1.54) is 6.07 Å². The van der Waals surface area contributed by atoms with Crippen LogP contribution in [0.2, 0.25) is 0 Å². The predicted molar refractivity (Wildman–Crippen MR) is 302 cm³/mol. The van der Waals surface area contributed by atoms with Gasteiger partial charge in [0.15, 0.2) is 0 Å². The number of ether oxygens (including phenoxy) is 5. The summed E-state index contributed by atoms with van der Waals surface area (Å²) in [5, 5.41) is 35.6. The van der Waals surface area contributed by atoms with Crippen LogP contribution in [-0.4, -0.2) is 150 Å². The first-order valence-corrected chi connectivity index (χ1v) is 27.3. The lowest BCUT2D eigenvalue weighted by molar-refractivity contribution is -0.153. The summed E-state index contributed by atoms with van der Waals surface area (Å²) < 4.78 is 27.1. The van der Waals surface area contributed by atoms with Crippen LogP contribution in [0.25, 0.3) is 11.1 Å². The van der Waals surface area contributed by atoms with Gasteiger partial charge in [-0.05, 0) is 164 Å². The largest absolute Gasteiger partial charge is 0.508 e. The van der Waals surface area contributed by atoms with Gasteiger partial charge in [-0.15, -0.1) is 0 Å². The van der Waals surface area contributed by atoms with E-state index in [4.69, 9.17) is 23.7 Å². The maximum Gasteiger partial charge on any atom is 0.408 e. The summed E-state index contributed by atoms with van der Waals surface area (Å²) >= 11 is 0. The van der Waals surface area contributed by atoms with Crippen molar-refractivity contribution in [1.29, 1.82) is 0 Å². The van der Waals surface area contributed by atoms with Crippen molar-refractivity contribution >= 4 is 54.0 Å². The number of aromatic hydroxyl groups is 1. The Labute approximate surface area is 476 Å². The molecular formula is C57H89N9O15. The number of benzene rings is 2. The first-order valence-electron chi connectivity index (χ1n) is 27.3. The molecule has 0 saturated carbocycles. The third-order valence-electron chi connectivity index (χ3n) is 11.1. The molecule has 2 aromatic rings. The van der Waals surface area contributed by atoms with Crippen molar-refractivity contribution in [3.05, 3.63) is 53.6 Å². The van der Waals surface area contributed by atoms with Crippen molar-refractivity contribution in [2.24, 2.45) is 0 Å². The number of rotatable bonds is 19. The Hall–Kier alpha value is -7.37. The molecule has 5 atom stereocenters. The lowest BCUT2D eigenvalue weighted by atomic mass is 9.95. The Kier molecular flexibility index (Phi) is 25.1. The van der Waals surface area contributed by atoms with Crippen molar-refractivity contribution in [2.45, 2.75) is 201 Å². The average Bonchev–Trinajstić information content (AvgIpc) is 3.37. The maximum atomic E-state index is 14.9. The molecule has 1 heterocycles. The second-order valence-corrected chi connectivity index (χ2v) is 24.8. The van der Waals surface area contributed by atoms with Gasteiger partial charge < -0.3 is 76.6 Å². The molecule has 4 bridgehead atoms. The molecule has 0 spiro atoms. The molecule has 1 aliphatic rings. The smallest absolute Gasteiger partial charge is 0.408 e. The van der Waals surface area contributed by atoms with Crippen LogP contribution in [0.15, 0.2) is 42.5 Å². The van der Waals surface area contributed by atoms with Gasteiger partial charge in [-0.2, -0.15) is 0 Å². The van der Waals surface area contributed by atoms with E-state index in [1.807, 2.05) is 0 Å². The Balaban J connectivity index is 2.09. The van der Waals surface area contributed by atoms with Gasteiger partial charge in [-0.3, -0.25) is 24.0 Å².